The molecule has 314 valence electrons. The van der Waals surface area contributed by atoms with Gasteiger partial charge >= 0.3 is 17.9 Å². The third kappa shape index (κ3) is 15.6. The Morgan fingerprint density at radius 1 is 0.679 bits per heavy atom. The number of hydroxylamine groups is 1. The van der Waals surface area contributed by atoms with E-state index in [1.54, 1.807) is 40.7 Å². The van der Waals surface area contributed by atoms with E-state index in [9.17, 15) is 43.5 Å². The minimum absolute atomic E-state index is 0.303. The molecule has 0 fully saturated rings. The van der Waals surface area contributed by atoms with Gasteiger partial charge in [-0.25, -0.2) is 4.79 Å². The summed E-state index contributed by atoms with van der Waals surface area (Å²) in [5.41, 5.74) is 1.86. The van der Waals surface area contributed by atoms with Crippen LogP contribution in [-0.4, -0.2) is 114 Å². The van der Waals surface area contributed by atoms with E-state index in [0.717, 1.165) is 6.92 Å². The molecule has 8 N–H and O–H groups in total. The Morgan fingerprint density at radius 3 is 1.68 bits per heavy atom. The Balaban J connectivity index is 3.13. The molecule has 0 bridgehead atoms. The van der Waals surface area contributed by atoms with Gasteiger partial charge in [-0.15, -0.1) is 0 Å². The molecular weight excluding hydrogens is 744 g/mol. The number of rotatable bonds is 20. The van der Waals surface area contributed by atoms with Crippen LogP contribution in [0, 0.1) is 11.8 Å². The van der Waals surface area contributed by atoms with Gasteiger partial charge in [-0.2, -0.15) is 14.3 Å². The van der Waals surface area contributed by atoms with Crippen molar-refractivity contribution in [2.75, 3.05) is 13.7 Å². The molecule has 0 saturated carbocycles. The summed E-state index contributed by atoms with van der Waals surface area (Å²) in [6.07, 6.45) is -1.54. The van der Waals surface area contributed by atoms with Gasteiger partial charge in [0.1, 0.15) is 35.8 Å². The number of aliphatic hydroxyl groups is 1. The van der Waals surface area contributed by atoms with E-state index in [-0.39, 0.29) is 5.92 Å². The number of alkyl halides is 2. The second kappa shape index (κ2) is 21.9. The average molecular weight is 800 g/mol. The summed E-state index contributed by atoms with van der Waals surface area (Å²) in [5.74, 6) is -15.4. The summed E-state index contributed by atoms with van der Waals surface area (Å²) in [7, 11) is 1.27. The van der Waals surface area contributed by atoms with Gasteiger partial charge in [0.25, 0.3) is 0 Å². The number of Topliss-reactive ketones (excluding diaryl/α,β-unsaturated/α-hetero) is 1. The zero-order valence-corrected chi connectivity index (χ0v) is 33.2. The number of carbonyl (C=O) groups is 8. The minimum atomic E-state index is -4.88. The third-order valence-corrected chi connectivity index (χ3v) is 7.88. The van der Waals surface area contributed by atoms with Crippen LogP contribution in [0.4, 0.5) is 13.6 Å². The normalized spacial score (nSPS) is 14.9. The number of benzene rings is 1. The highest BCUT2D eigenvalue weighted by Gasteiger charge is 2.51. The van der Waals surface area contributed by atoms with Crippen molar-refractivity contribution in [2.45, 2.75) is 117 Å². The van der Waals surface area contributed by atoms with Crippen LogP contribution < -0.4 is 37.4 Å². The second-order valence-electron chi connectivity index (χ2n) is 14.6. The van der Waals surface area contributed by atoms with Crippen LogP contribution in [0.5, 0.6) is 0 Å². The van der Waals surface area contributed by atoms with Crippen LogP contribution in [0.25, 0.3) is 0 Å². The van der Waals surface area contributed by atoms with Gasteiger partial charge in [-0.05, 0) is 52.0 Å². The van der Waals surface area contributed by atoms with E-state index >= 15 is 8.78 Å². The Morgan fingerprint density at radius 2 is 1.20 bits per heavy atom. The van der Waals surface area contributed by atoms with E-state index in [1.807, 2.05) is 0 Å². The molecule has 7 amide bonds. The van der Waals surface area contributed by atoms with Crippen molar-refractivity contribution in [3.05, 3.63) is 35.9 Å². The van der Waals surface area contributed by atoms with E-state index in [2.05, 4.69) is 32.1 Å². The topological polar surface area (TPSA) is 259 Å². The van der Waals surface area contributed by atoms with Crippen molar-refractivity contribution < 1.29 is 61.8 Å². The van der Waals surface area contributed by atoms with Crippen molar-refractivity contribution >= 4 is 47.3 Å². The Kier molecular flexibility index (Phi) is 19.1. The lowest BCUT2D eigenvalue weighted by Crippen LogP contribution is -2.61. The molecule has 0 unspecified atom stereocenters. The molecule has 0 aliphatic carbocycles. The minimum Gasteiger partial charge on any atom is -0.444 e. The molecule has 0 saturated heterocycles. The molecule has 0 spiro atoms. The smallest absolute Gasteiger partial charge is 0.408 e. The Bertz CT molecular complexity index is 1560. The number of hydrogen-bond donors (Lipinski definition) is 8. The van der Waals surface area contributed by atoms with Crippen LogP contribution in [-0.2, 0) is 49.6 Å². The van der Waals surface area contributed by atoms with Crippen LogP contribution in [0.15, 0.2) is 30.3 Å². The maximum Gasteiger partial charge on any atom is 0.408 e. The maximum absolute atomic E-state index is 15.6. The molecule has 1 rings (SSSR count). The lowest BCUT2D eigenvalue weighted by Gasteiger charge is -2.27. The molecule has 0 aliphatic heterocycles. The molecule has 0 radical (unpaired) electrons. The number of alkyl carbamates (subject to hydrolysis) is 1. The van der Waals surface area contributed by atoms with E-state index in [0.29, 0.717) is 5.56 Å². The number of aliphatic hydroxyl groups excluding tert-OH is 1. The first-order valence-electron chi connectivity index (χ1n) is 17.8. The number of hydrogen-bond acceptors (Lipinski definition) is 12. The molecule has 56 heavy (non-hydrogen) atoms. The molecule has 0 aromatic heterocycles. The quantitative estimate of drug-likeness (QED) is 0.0629. The summed E-state index contributed by atoms with van der Waals surface area (Å²) in [4.78, 5) is 108. The summed E-state index contributed by atoms with van der Waals surface area (Å²) < 4.78 is 36.2. The first kappa shape index (κ1) is 48.9. The zero-order chi connectivity index (χ0) is 43.1. The van der Waals surface area contributed by atoms with Gasteiger partial charge in [-0.1, -0.05) is 58.0 Å². The molecule has 18 nitrogen and oxygen atoms in total. The van der Waals surface area contributed by atoms with Crippen molar-refractivity contribution in [1.29, 1.82) is 0 Å². The SMILES string of the molecule is CON[C@H](C(=O)N[C@H](C(=O)NC(=O)C(F)(F)C(=O)[C@H](Cc1ccccc1)NC(=O)[C@H](C)NC(=O)[C@H](C)NC(=O)[C@H](CO)NC(=O)OC(C)(C)C)C(C)C)C(C)C. The fraction of sp³-hybridized carbons (Fsp3) is 0.611. The lowest BCUT2D eigenvalue weighted by molar-refractivity contribution is -0.161. The molecule has 1 aromatic carbocycles. The molecule has 0 aliphatic rings. The highest BCUT2D eigenvalue weighted by atomic mass is 19.3. The predicted octanol–water partition coefficient (Wildman–Crippen LogP) is -0.227. The molecular formula is C36H55F2N7O11. The van der Waals surface area contributed by atoms with Crippen LogP contribution in [0.1, 0.15) is 67.9 Å². The largest absolute Gasteiger partial charge is 0.444 e. The number of ether oxygens (including phenoxy) is 1. The maximum atomic E-state index is 15.6. The zero-order valence-electron chi connectivity index (χ0n) is 33.2. The monoisotopic (exact) mass is 799 g/mol. The standard InChI is InChI=1S/C36H55F2N7O11/c1-18(2)25(43-32(52)26(19(3)4)45-55-10)31(51)44-33(53)36(37,38)27(47)23(16-22-14-12-11-13-15-22)41-29(49)21(6)39-28(48)20(5)40-30(50)24(17-46)42-34(54)56-35(7,8)9/h11-15,18-21,23-26,45-46H,16-17H2,1-10H3,(H,39,48)(H,40,50)(H,41,49)(H,42,54)(H,43,52)(H,44,51,53)/t20-,21-,23-,24-,25-,26-/m0/s1. The fourth-order valence-corrected chi connectivity index (χ4v) is 4.78. The average Bonchev–Trinajstić information content (AvgIpc) is 3.09. The number of nitrogens with one attached hydrogen (secondary N) is 7. The summed E-state index contributed by atoms with van der Waals surface area (Å²) in [5, 5.41) is 22.3. The van der Waals surface area contributed by atoms with Gasteiger partial charge in [-0.3, -0.25) is 38.9 Å². The number of imide groups is 1. The summed E-state index contributed by atoms with van der Waals surface area (Å²) >= 11 is 0. The van der Waals surface area contributed by atoms with Crippen molar-refractivity contribution in [1.82, 2.24) is 37.4 Å². The van der Waals surface area contributed by atoms with E-state index in [4.69, 9.17) is 9.57 Å². The number of halogens is 2. The summed E-state index contributed by atoms with van der Waals surface area (Å²) in [6.45, 7) is 12.6. The number of carbonyl (C=O) groups excluding carboxylic acids is 8. The van der Waals surface area contributed by atoms with Crippen LogP contribution in [0.2, 0.25) is 0 Å². The van der Waals surface area contributed by atoms with Crippen molar-refractivity contribution in [3.63, 3.8) is 0 Å². The van der Waals surface area contributed by atoms with Crippen LogP contribution >= 0.6 is 0 Å². The summed E-state index contributed by atoms with van der Waals surface area (Å²) in [6, 6.07) is -1.22. The van der Waals surface area contributed by atoms with Crippen molar-refractivity contribution in [3.8, 4) is 0 Å². The molecule has 20 heteroatoms. The van der Waals surface area contributed by atoms with Crippen LogP contribution in [0.3, 0.4) is 0 Å². The van der Waals surface area contributed by atoms with E-state index < -0.39 is 114 Å². The Labute approximate surface area is 324 Å². The van der Waals surface area contributed by atoms with E-state index in [1.165, 1.54) is 57.5 Å². The van der Waals surface area contributed by atoms with Gasteiger partial charge < -0.3 is 41.3 Å². The van der Waals surface area contributed by atoms with Gasteiger partial charge in [0.05, 0.1) is 19.8 Å². The molecule has 6 atom stereocenters. The van der Waals surface area contributed by atoms with Gasteiger partial charge in [0.2, 0.25) is 35.3 Å². The highest BCUT2D eigenvalue weighted by molar-refractivity contribution is 6.15. The first-order valence-corrected chi connectivity index (χ1v) is 17.8. The molecule has 1 aromatic rings. The lowest BCUT2D eigenvalue weighted by atomic mass is 9.97. The van der Waals surface area contributed by atoms with Crippen molar-refractivity contribution in [2.24, 2.45) is 11.8 Å². The number of amides is 7. The third-order valence-electron chi connectivity index (χ3n) is 7.88. The highest BCUT2D eigenvalue weighted by Crippen LogP contribution is 2.20. The molecule has 0 heterocycles. The fourth-order valence-electron chi connectivity index (χ4n) is 4.78. The van der Waals surface area contributed by atoms with Gasteiger partial charge in [0.15, 0.2) is 0 Å². The van der Waals surface area contributed by atoms with Gasteiger partial charge in [0, 0.05) is 6.42 Å². The second-order valence-corrected chi connectivity index (χ2v) is 14.6. The number of ketones is 1. The Hall–Kier alpha value is -5.08. The predicted molar refractivity (Wildman–Crippen MR) is 196 cm³/mol. The first-order chi connectivity index (χ1) is 25.9.